The van der Waals surface area contributed by atoms with Crippen molar-refractivity contribution in [3.05, 3.63) is 174 Å². The predicted molar refractivity (Wildman–Crippen MR) is 185 cm³/mol. The second-order valence-electron chi connectivity index (χ2n) is 10.9. The van der Waals surface area contributed by atoms with E-state index in [0.29, 0.717) is 18.8 Å². The van der Waals surface area contributed by atoms with Crippen LogP contribution in [-0.4, -0.2) is 43.4 Å². The Balaban J connectivity index is 1.50. The Hall–Kier alpha value is -4.24. The second-order valence-corrected chi connectivity index (χ2v) is 12.0. The topological polar surface area (TPSA) is 63.2 Å². The number of esters is 1. The van der Waals surface area contributed by atoms with E-state index in [4.69, 9.17) is 23.7 Å². The number of carbonyl (C=O) groups excluding carboxylic acids is 1. The van der Waals surface area contributed by atoms with Crippen LogP contribution in [0.15, 0.2) is 157 Å². The zero-order chi connectivity index (χ0) is 32.5. The average molecular weight is 649 g/mol. The lowest BCUT2D eigenvalue weighted by molar-refractivity contribution is -0.167. The van der Waals surface area contributed by atoms with Crippen molar-refractivity contribution in [1.29, 1.82) is 0 Å². The van der Waals surface area contributed by atoms with Crippen LogP contribution in [0, 0.1) is 0 Å². The van der Waals surface area contributed by atoms with Gasteiger partial charge in [-0.2, -0.15) is 0 Å². The summed E-state index contributed by atoms with van der Waals surface area (Å²) in [5, 5.41) is 0. The lowest BCUT2D eigenvalue weighted by atomic mass is 10.1. The van der Waals surface area contributed by atoms with Crippen LogP contribution >= 0.6 is 11.8 Å². The van der Waals surface area contributed by atoms with E-state index in [0.717, 1.165) is 21.6 Å². The molecule has 47 heavy (non-hydrogen) atoms. The number of ether oxygens (including phenoxy) is 5. The molecule has 242 valence electrons. The summed E-state index contributed by atoms with van der Waals surface area (Å²) in [6.07, 6.45) is -2.29. The fraction of sp³-hybridized carbons (Fsp3) is 0.225. The fourth-order valence-corrected chi connectivity index (χ4v) is 6.05. The van der Waals surface area contributed by atoms with E-state index >= 15 is 0 Å². The van der Waals surface area contributed by atoms with E-state index in [1.165, 1.54) is 11.8 Å². The quantitative estimate of drug-likeness (QED) is 0.0538. The van der Waals surface area contributed by atoms with Crippen molar-refractivity contribution >= 4 is 17.7 Å². The highest BCUT2D eigenvalue weighted by Gasteiger charge is 2.40. The third-order valence-corrected chi connectivity index (χ3v) is 8.66. The van der Waals surface area contributed by atoms with Crippen molar-refractivity contribution in [3.63, 3.8) is 0 Å². The first-order chi connectivity index (χ1) is 23.2. The molecule has 5 rings (SSSR count). The van der Waals surface area contributed by atoms with Gasteiger partial charge in [0, 0.05) is 12.0 Å². The van der Waals surface area contributed by atoms with Crippen molar-refractivity contribution in [2.24, 2.45) is 0 Å². The van der Waals surface area contributed by atoms with Crippen LogP contribution in [0.3, 0.4) is 0 Å². The zero-order valence-corrected chi connectivity index (χ0v) is 27.2. The van der Waals surface area contributed by atoms with Crippen molar-refractivity contribution in [2.45, 2.75) is 48.5 Å². The summed E-state index contributed by atoms with van der Waals surface area (Å²) in [7, 11) is 1.66. The molecule has 5 aromatic carbocycles. The Morgan fingerprint density at radius 2 is 1.02 bits per heavy atom. The summed E-state index contributed by atoms with van der Waals surface area (Å²) in [5.74, 6) is -0.473. The van der Waals surface area contributed by atoms with Crippen molar-refractivity contribution in [1.82, 2.24) is 0 Å². The van der Waals surface area contributed by atoms with Crippen LogP contribution in [0.5, 0.6) is 0 Å². The van der Waals surface area contributed by atoms with E-state index in [9.17, 15) is 4.79 Å². The number of thioether (sulfide) groups is 1. The van der Waals surface area contributed by atoms with E-state index in [-0.39, 0.29) is 13.2 Å². The highest BCUT2D eigenvalue weighted by atomic mass is 32.2. The second kappa shape index (κ2) is 18.8. The molecule has 0 spiro atoms. The van der Waals surface area contributed by atoms with E-state index in [1.54, 1.807) is 19.2 Å². The van der Waals surface area contributed by atoms with Gasteiger partial charge in [-0.05, 0) is 41.0 Å². The summed E-state index contributed by atoms with van der Waals surface area (Å²) in [4.78, 5) is 14.6. The summed E-state index contributed by atoms with van der Waals surface area (Å²) in [6, 6.07) is 48.7. The van der Waals surface area contributed by atoms with Gasteiger partial charge in [0.2, 0.25) is 0 Å². The molecule has 0 bridgehead atoms. The Morgan fingerprint density at radius 1 is 0.574 bits per heavy atom. The smallest absolute Gasteiger partial charge is 0.338 e. The summed E-state index contributed by atoms with van der Waals surface area (Å²) >= 11 is 1.53. The molecule has 0 amide bonds. The van der Waals surface area contributed by atoms with Gasteiger partial charge in [0.25, 0.3) is 0 Å². The Kier molecular flexibility index (Phi) is 13.6. The SMILES string of the molecule is CO[C@@H](Sc1ccccc1)[C@H](OCc1ccccc1)[C@@H](OCc1ccccc1)[C@@H](COCc1ccccc1)OC(=O)c1ccccc1. The molecule has 0 unspecified atom stereocenters. The van der Waals surface area contributed by atoms with Crippen molar-refractivity contribution in [2.75, 3.05) is 13.7 Å². The molecule has 0 N–H and O–H groups in total. The third-order valence-electron chi connectivity index (χ3n) is 7.42. The van der Waals surface area contributed by atoms with Gasteiger partial charge in [-0.3, -0.25) is 0 Å². The Labute approximate surface area is 281 Å². The van der Waals surface area contributed by atoms with Gasteiger partial charge in [-0.1, -0.05) is 139 Å². The molecule has 0 aliphatic carbocycles. The maximum absolute atomic E-state index is 13.6. The third kappa shape index (κ3) is 10.9. The van der Waals surface area contributed by atoms with E-state index in [1.807, 2.05) is 140 Å². The van der Waals surface area contributed by atoms with Crippen LogP contribution in [0.4, 0.5) is 0 Å². The number of methoxy groups -OCH3 is 1. The molecular weight excluding hydrogens is 609 g/mol. The molecule has 5 aromatic rings. The maximum atomic E-state index is 13.6. The molecular formula is C40H40O6S. The summed E-state index contributed by atoms with van der Waals surface area (Å²) in [5.41, 5.74) is 2.90. The molecule has 0 aliphatic heterocycles. The molecule has 0 saturated carbocycles. The van der Waals surface area contributed by atoms with Gasteiger partial charge in [0.05, 0.1) is 32.0 Å². The lowest BCUT2D eigenvalue weighted by Gasteiger charge is -2.36. The van der Waals surface area contributed by atoms with Crippen LogP contribution in [0.2, 0.25) is 0 Å². The predicted octanol–water partition coefficient (Wildman–Crippen LogP) is 8.36. The number of rotatable bonds is 18. The lowest BCUT2D eigenvalue weighted by Crippen LogP contribution is -2.50. The van der Waals surface area contributed by atoms with Crippen molar-refractivity contribution in [3.8, 4) is 0 Å². The van der Waals surface area contributed by atoms with Crippen LogP contribution < -0.4 is 0 Å². The Bertz CT molecular complexity index is 1570. The molecule has 4 atom stereocenters. The van der Waals surface area contributed by atoms with Crippen LogP contribution in [0.25, 0.3) is 0 Å². The normalized spacial score (nSPS) is 13.7. The average Bonchev–Trinajstić information content (AvgIpc) is 3.14. The number of hydrogen-bond donors (Lipinski definition) is 0. The molecule has 0 radical (unpaired) electrons. The molecule has 0 aliphatic rings. The maximum Gasteiger partial charge on any atom is 0.338 e. The number of carbonyl (C=O) groups is 1. The molecule has 6 nitrogen and oxygen atoms in total. The van der Waals surface area contributed by atoms with Gasteiger partial charge in [-0.15, -0.1) is 0 Å². The minimum atomic E-state index is -0.843. The highest BCUT2D eigenvalue weighted by Crippen LogP contribution is 2.32. The van der Waals surface area contributed by atoms with Gasteiger partial charge >= 0.3 is 5.97 Å². The van der Waals surface area contributed by atoms with Crippen molar-refractivity contribution < 1.29 is 28.5 Å². The zero-order valence-electron chi connectivity index (χ0n) is 26.4. The standard InChI is InChI=1S/C40H40O6S/c1-42-40(47-35-25-15-6-16-26-35)38(45-29-33-21-11-4-12-22-33)37(44-28-32-19-9-3-10-20-32)36(30-43-27-31-17-7-2-8-18-31)46-39(41)34-23-13-5-14-24-34/h2-26,36-38,40H,27-30H2,1H3/t36-,37+,38-,40+/m1/s1. The van der Waals surface area contributed by atoms with Gasteiger partial charge in [0.1, 0.15) is 17.6 Å². The van der Waals surface area contributed by atoms with Gasteiger partial charge in [0.15, 0.2) is 6.10 Å². The van der Waals surface area contributed by atoms with Crippen LogP contribution in [0.1, 0.15) is 27.0 Å². The highest BCUT2D eigenvalue weighted by molar-refractivity contribution is 7.99. The molecule has 0 aromatic heterocycles. The molecule has 0 saturated heterocycles. The van der Waals surface area contributed by atoms with Gasteiger partial charge < -0.3 is 23.7 Å². The van der Waals surface area contributed by atoms with E-state index < -0.39 is 29.7 Å². The minimum Gasteiger partial charge on any atom is -0.453 e. The first-order valence-electron chi connectivity index (χ1n) is 15.6. The fourth-order valence-electron chi connectivity index (χ4n) is 5.00. The van der Waals surface area contributed by atoms with E-state index in [2.05, 4.69) is 0 Å². The monoisotopic (exact) mass is 648 g/mol. The number of benzene rings is 5. The minimum absolute atomic E-state index is 0.0740. The largest absolute Gasteiger partial charge is 0.453 e. The first kappa shape index (κ1) is 34.1. The van der Waals surface area contributed by atoms with Crippen LogP contribution in [-0.2, 0) is 43.5 Å². The Morgan fingerprint density at radius 3 is 1.53 bits per heavy atom. The van der Waals surface area contributed by atoms with Gasteiger partial charge in [-0.25, -0.2) is 4.79 Å². The summed E-state index contributed by atoms with van der Waals surface area (Å²) < 4.78 is 32.1. The summed E-state index contributed by atoms with van der Waals surface area (Å²) in [6.45, 7) is 0.982. The molecule has 0 heterocycles. The first-order valence-corrected chi connectivity index (χ1v) is 16.5. The number of hydrogen-bond acceptors (Lipinski definition) is 7. The molecule has 0 fully saturated rings. The molecule has 7 heteroatoms.